The molecule has 0 bridgehead atoms. The molecule has 126 valence electrons. The Labute approximate surface area is 136 Å². The van der Waals surface area contributed by atoms with E-state index in [2.05, 4.69) is 22.2 Å². The predicted molar refractivity (Wildman–Crippen MR) is 88.4 cm³/mol. The van der Waals surface area contributed by atoms with Gasteiger partial charge in [-0.2, -0.15) is 5.10 Å². The Bertz CT molecular complexity index is 626. The fraction of sp³-hybridized carbons (Fsp3) is 0.706. The molecular formula is C17H26N4O2. The van der Waals surface area contributed by atoms with E-state index in [1.807, 2.05) is 0 Å². The van der Waals surface area contributed by atoms with Gasteiger partial charge >= 0.3 is 0 Å². The number of likely N-dealkylation sites (tertiary alicyclic amines) is 1. The van der Waals surface area contributed by atoms with Crippen LogP contribution in [0.4, 0.5) is 0 Å². The van der Waals surface area contributed by atoms with Crippen molar-refractivity contribution in [3.05, 3.63) is 27.7 Å². The minimum absolute atomic E-state index is 0.0188. The zero-order chi connectivity index (χ0) is 16.2. The van der Waals surface area contributed by atoms with Crippen LogP contribution in [0.3, 0.4) is 0 Å². The maximum atomic E-state index is 12.2. The molecule has 0 aromatic carbocycles. The van der Waals surface area contributed by atoms with E-state index in [0.717, 1.165) is 56.5 Å². The quantitative estimate of drug-likeness (QED) is 0.869. The van der Waals surface area contributed by atoms with Gasteiger partial charge in [0.2, 0.25) is 5.91 Å². The molecule has 1 amide bonds. The summed E-state index contributed by atoms with van der Waals surface area (Å²) >= 11 is 0. The monoisotopic (exact) mass is 318 g/mol. The normalized spacial score (nSPS) is 21.2. The Morgan fingerprint density at radius 2 is 2.17 bits per heavy atom. The van der Waals surface area contributed by atoms with Crippen LogP contribution in [-0.2, 0) is 24.2 Å². The molecule has 2 aliphatic rings. The molecule has 23 heavy (non-hydrogen) atoms. The van der Waals surface area contributed by atoms with Gasteiger partial charge in [0.1, 0.15) is 6.54 Å². The van der Waals surface area contributed by atoms with Crippen LogP contribution < -0.4 is 10.9 Å². The molecule has 1 fully saturated rings. The van der Waals surface area contributed by atoms with E-state index in [1.54, 1.807) is 6.07 Å². The van der Waals surface area contributed by atoms with Gasteiger partial charge in [-0.05, 0) is 57.2 Å². The van der Waals surface area contributed by atoms with Gasteiger partial charge in [0, 0.05) is 18.7 Å². The van der Waals surface area contributed by atoms with Crippen molar-refractivity contribution in [1.82, 2.24) is 20.0 Å². The molecule has 1 saturated heterocycles. The number of nitrogens with one attached hydrogen (secondary N) is 1. The van der Waals surface area contributed by atoms with E-state index in [1.165, 1.54) is 11.1 Å². The van der Waals surface area contributed by atoms with Crippen LogP contribution in [0.1, 0.15) is 43.9 Å². The second-order valence-electron chi connectivity index (χ2n) is 6.55. The maximum absolute atomic E-state index is 12.2. The number of rotatable bonds is 5. The molecule has 0 unspecified atom stereocenters. The third kappa shape index (κ3) is 3.80. The van der Waals surface area contributed by atoms with Crippen molar-refractivity contribution >= 4 is 5.91 Å². The average molecular weight is 318 g/mol. The van der Waals surface area contributed by atoms with Gasteiger partial charge < -0.3 is 5.32 Å². The zero-order valence-corrected chi connectivity index (χ0v) is 13.9. The lowest BCUT2D eigenvalue weighted by Crippen LogP contribution is -2.42. The smallest absolute Gasteiger partial charge is 0.267 e. The summed E-state index contributed by atoms with van der Waals surface area (Å²) in [6.45, 7) is 4.96. The highest BCUT2D eigenvalue weighted by Crippen LogP contribution is 2.17. The topological polar surface area (TPSA) is 67.2 Å². The Morgan fingerprint density at radius 1 is 1.35 bits per heavy atom. The van der Waals surface area contributed by atoms with Gasteiger partial charge in [-0.3, -0.25) is 14.5 Å². The van der Waals surface area contributed by atoms with Crippen molar-refractivity contribution < 1.29 is 4.79 Å². The van der Waals surface area contributed by atoms with Crippen LogP contribution in [0.15, 0.2) is 10.9 Å². The molecule has 0 radical (unpaired) electrons. The first-order valence-electron chi connectivity index (χ1n) is 8.78. The summed E-state index contributed by atoms with van der Waals surface area (Å²) in [5.74, 6) is -0.127. The summed E-state index contributed by atoms with van der Waals surface area (Å²) in [6, 6.07) is 2.09. The van der Waals surface area contributed by atoms with Crippen LogP contribution in [-0.4, -0.2) is 46.3 Å². The third-order valence-corrected chi connectivity index (χ3v) is 5.01. The summed E-state index contributed by atoms with van der Waals surface area (Å²) in [4.78, 5) is 26.6. The molecule has 2 heterocycles. The number of aryl methyl sites for hydroxylation is 2. The first-order valence-corrected chi connectivity index (χ1v) is 8.78. The van der Waals surface area contributed by atoms with Crippen LogP contribution in [0.2, 0.25) is 0 Å². The van der Waals surface area contributed by atoms with Crippen LogP contribution in [0.25, 0.3) is 0 Å². The van der Waals surface area contributed by atoms with Crippen LogP contribution in [0.5, 0.6) is 0 Å². The van der Waals surface area contributed by atoms with Gasteiger partial charge in [0.25, 0.3) is 5.56 Å². The molecular weight excluding hydrogens is 292 g/mol. The van der Waals surface area contributed by atoms with Gasteiger partial charge in [0.15, 0.2) is 0 Å². The number of carbonyl (C=O) groups is 1. The number of nitrogens with zero attached hydrogens (tertiary/aromatic N) is 3. The van der Waals surface area contributed by atoms with Crippen LogP contribution >= 0.6 is 0 Å². The standard InChI is InChI=1S/C17H26N4O2/c1-2-20-9-5-7-14(20)11-18-16(22)12-21-17(23)10-13-6-3-4-8-15(13)19-21/h10,14H,2-9,11-12H2,1H3,(H,18,22)/t14-/m1/s1. The van der Waals surface area contributed by atoms with E-state index in [4.69, 9.17) is 0 Å². The fourth-order valence-electron chi connectivity index (χ4n) is 3.68. The van der Waals surface area contributed by atoms with Crippen molar-refractivity contribution in [2.45, 2.75) is 58.0 Å². The van der Waals surface area contributed by atoms with Crippen molar-refractivity contribution in [2.75, 3.05) is 19.6 Å². The van der Waals surface area contributed by atoms with E-state index in [-0.39, 0.29) is 18.0 Å². The van der Waals surface area contributed by atoms with E-state index < -0.39 is 0 Å². The molecule has 6 heteroatoms. The van der Waals surface area contributed by atoms with Crippen molar-refractivity contribution in [1.29, 1.82) is 0 Å². The van der Waals surface area contributed by atoms with Crippen molar-refractivity contribution in [2.24, 2.45) is 0 Å². The SMILES string of the molecule is CCN1CCC[C@@H]1CNC(=O)Cn1nc2c(cc1=O)CCCC2. The number of likely N-dealkylation sites (N-methyl/N-ethyl adjacent to an activating group) is 1. The van der Waals surface area contributed by atoms with E-state index >= 15 is 0 Å². The predicted octanol–water partition coefficient (Wildman–Crippen LogP) is 0.723. The Hall–Kier alpha value is -1.69. The molecule has 0 spiro atoms. The van der Waals surface area contributed by atoms with Gasteiger partial charge in [-0.15, -0.1) is 0 Å². The molecule has 0 saturated carbocycles. The van der Waals surface area contributed by atoms with Crippen molar-refractivity contribution in [3.63, 3.8) is 0 Å². The van der Waals surface area contributed by atoms with Gasteiger partial charge in [0.05, 0.1) is 5.69 Å². The molecule has 1 aromatic rings. The second kappa shape index (κ2) is 7.25. The second-order valence-corrected chi connectivity index (χ2v) is 6.55. The summed E-state index contributed by atoms with van der Waals surface area (Å²) in [5, 5.41) is 7.36. The molecule has 6 nitrogen and oxygen atoms in total. The summed E-state index contributed by atoms with van der Waals surface area (Å²) in [7, 11) is 0. The highest BCUT2D eigenvalue weighted by molar-refractivity contribution is 5.75. The summed E-state index contributed by atoms with van der Waals surface area (Å²) in [5.41, 5.74) is 1.87. The molecule has 1 atom stereocenters. The van der Waals surface area contributed by atoms with E-state index in [0.29, 0.717) is 12.6 Å². The first kappa shape index (κ1) is 16.2. The largest absolute Gasteiger partial charge is 0.353 e. The van der Waals surface area contributed by atoms with Gasteiger partial charge in [-0.1, -0.05) is 6.92 Å². The maximum Gasteiger partial charge on any atom is 0.267 e. The first-order chi connectivity index (χ1) is 11.2. The van der Waals surface area contributed by atoms with Crippen molar-refractivity contribution in [3.8, 4) is 0 Å². The molecule has 1 aliphatic carbocycles. The van der Waals surface area contributed by atoms with Crippen LogP contribution in [0, 0.1) is 0 Å². The number of aromatic nitrogens is 2. The van der Waals surface area contributed by atoms with Gasteiger partial charge in [-0.25, -0.2) is 4.68 Å². The summed E-state index contributed by atoms with van der Waals surface area (Å²) < 4.78 is 1.31. The average Bonchev–Trinajstić information content (AvgIpc) is 3.01. The highest BCUT2D eigenvalue weighted by atomic mass is 16.2. The lowest BCUT2D eigenvalue weighted by atomic mass is 9.97. The number of hydrogen-bond acceptors (Lipinski definition) is 4. The molecule has 3 rings (SSSR count). The molecule has 1 N–H and O–H groups in total. The number of amides is 1. The number of fused-ring (bicyclic) bond motifs is 1. The number of hydrogen-bond donors (Lipinski definition) is 1. The Balaban J connectivity index is 1.58. The number of carbonyl (C=O) groups excluding carboxylic acids is 1. The van der Waals surface area contributed by atoms with E-state index in [9.17, 15) is 9.59 Å². The molecule has 1 aliphatic heterocycles. The Morgan fingerprint density at radius 3 is 3.00 bits per heavy atom. The minimum Gasteiger partial charge on any atom is -0.353 e. The molecule has 1 aromatic heterocycles. The fourth-order valence-corrected chi connectivity index (χ4v) is 3.68. The summed E-state index contributed by atoms with van der Waals surface area (Å²) in [6.07, 6.45) is 6.39. The lowest BCUT2D eigenvalue weighted by molar-refractivity contribution is -0.122. The Kier molecular flexibility index (Phi) is 5.10. The minimum atomic E-state index is -0.170. The zero-order valence-electron chi connectivity index (χ0n) is 13.9. The highest BCUT2D eigenvalue weighted by Gasteiger charge is 2.23. The lowest BCUT2D eigenvalue weighted by Gasteiger charge is -2.23. The third-order valence-electron chi connectivity index (χ3n) is 5.01.